The molecule has 3 atom stereocenters. The maximum atomic E-state index is 11.6. The molecule has 1 aromatic carbocycles. The number of β-amino-alcohol motifs (C(OH)–C–C–N with tert-alkyl or cyclic N) is 1. The molecule has 112 valence electrons. The van der Waals surface area contributed by atoms with Gasteiger partial charge in [0.1, 0.15) is 12.6 Å². The van der Waals surface area contributed by atoms with Crippen molar-refractivity contribution in [2.24, 2.45) is 5.92 Å². The molecular weight excluding hydrogens is 268 g/mol. The molecule has 2 saturated heterocycles. The predicted octanol–water partition coefficient (Wildman–Crippen LogP) is -0.424. The van der Waals surface area contributed by atoms with Gasteiger partial charge in [0.2, 0.25) is 0 Å². The van der Waals surface area contributed by atoms with Crippen molar-refractivity contribution in [1.29, 1.82) is 0 Å². The maximum Gasteiger partial charge on any atom is 0.338 e. The molecule has 0 saturated carbocycles. The zero-order valence-electron chi connectivity index (χ0n) is 12.2. The molecule has 5 heteroatoms. The van der Waals surface area contributed by atoms with Crippen molar-refractivity contribution in [1.82, 2.24) is 4.90 Å². The van der Waals surface area contributed by atoms with E-state index in [1.807, 2.05) is 13.0 Å². The largest absolute Gasteiger partial charge is 0.457 e. The molecule has 21 heavy (non-hydrogen) atoms. The molecule has 2 unspecified atom stereocenters. The third kappa shape index (κ3) is 2.08. The first-order valence-corrected chi connectivity index (χ1v) is 7.66. The summed E-state index contributed by atoms with van der Waals surface area (Å²) < 4.78 is 5.07. The van der Waals surface area contributed by atoms with Gasteiger partial charge in [-0.3, -0.25) is 4.90 Å². The average Bonchev–Trinajstić information content (AvgIpc) is 2.94. The highest BCUT2D eigenvalue weighted by Gasteiger charge is 2.43. The van der Waals surface area contributed by atoms with E-state index < -0.39 is 6.10 Å². The van der Waals surface area contributed by atoms with Gasteiger partial charge in [0.25, 0.3) is 0 Å². The van der Waals surface area contributed by atoms with E-state index in [0.29, 0.717) is 18.7 Å². The van der Waals surface area contributed by atoms with Crippen LogP contribution >= 0.6 is 0 Å². The van der Waals surface area contributed by atoms with Crippen LogP contribution in [0.5, 0.6) is 0 Å². The first kappa shape index (κ1) is 13.2. The molecule has 3 aliphatic heterocycles. The fraction of sp³-hybridized carbons (Fsp3) is 0.562. The molecular formula is C16H21N2O3+. The molecule has 0 amide bonds. The quantitative estimate of drug-likeness (QED) is 0.742. The summed E-state index contributed by atoms with van der Waals surface area (Å²) in [4.78, 5) is 13.9. The number of hydrogen-bond acceptors (Lipinski definition) is 4. The normalized spacial score (nSPS) is 28.8. The Labute approximate surface area is 123 Å². The Bertz CT molecular complexity index is 589. The standard InChI is InChI=1S/C16H20N2O3/c1-9-11(2-3-12-13(9)8-21-16(12)20)15(19)7-18-5-10-4-17-14(10)6-18/h2-3,10,14-15,17,19H,4-8H2,1H3/p+1/t10?,14?,15-/m0/s1. The number of nitrogens with zero attached hydrogens (tertiary/aromatic N) is 1. The van der Waals surface area contributed by atoms with E-state index in [1.165, 1.54) is 6.54 Å². The number of aliphatic hydroxyl groups excluding tert-OH is 1. The minimum Gasteiger partial charge on any atom is -0.457 e. The average molecular weight is 289 g/mol. The zero-order chi connectivity index (χ0) is 14.6. The van der Waals surface area contributed by atoms with Crippen LogP contribution in [0, 0.1) is 12.8 Å². The third-order valence-corrected chi connectivity index (χ3v) is 5.31. The van der Waals surface area contributed by atoms with Gasteiger partial charge in [-0.25, -0.2) is 4.79 Å². The monoisotopic (exact) mass is 289 g/mol. The minimum atomic E-state index is -0.497. The van der Waals surface area contributed by atoms with Crippen LogP contribution in [0.25, 0.3) is 0 Å². The van der Waals surface area contributed by atoms with Crippen molar-refractivity contribution in [2.45, 2.75) is 25.7 Å². The van der Waals surface area contributed by atoms with Gasteiger partial charge in [-0.15, -0.1) is 0 Å². The molecule has 0 bridgehead atoms. The number of benzene rings is 1. The van der Waals surface area contributed by atoms with E-state index >= 15 is 0 Å². The number of nitrogens with two attached hydrogens (primary N) is 1. The molecule has 0 aromatic heterocycles. The Morgan fingerprint density at radius 2 is 2.33 bits per heavy atom. The number of carbonyl (C=O) groups excluding carboxylic acids is 1. The van der Waals surface area contributed by atoms with Gasteiger partial charge in [-0.05, 0) is 24.1 Å². The van der Waals surface area contributed by atoms with E-state index in [1.54, 1.807) is 6.07 Å². The summed E-state index contributed by atoms with van der Waals surface area (Å²) in [6, 6.07) is 4.41. The second-order valence-electron chi connectivity index (χ2n) is 6.51. The summed E-state index contributed by atoms with van der Waals surface area (Å²) in [5.74, 6) is 0.560. The molecule has 2 fully saturated rings. The third-order valence-electron chi connectivity index (χ3n) is 5.31. The lowest BCUT2D eigenvalue weighted by Crippen LogP contribution is -3.02. The second-order valence-corrected chi connectivity index (χ2v) is 6.51. The number of esters is 1. The lowest BCUT2D eigenvalue weighted by molar-refractivity contribution is -0.753. The summed E-state index contributed by atoms with van der Waals surface area (Å²) in [5, 5.41) is 13.0. The molecule has 0 radical (unpaired) electrons. The van der Waals surface area contributed by atoms with Gasteiger partial charge in [-0.1, -0.05) is 6.07 Å². The predicted molar refractivity (Wildman–Crippen MR) is 75.8 cm³/mol. The summed E-state index contributed by atoms with van der Waals surface area (Å²) in [6.45, 7) is 6.39. The highest BCUT2D eigenvalue weighted by Crippen LogP contribution is 2.30. The van der Waals surface area contributed by atoms with Crippen molar-refractivity contribution >= 4 is 5.97 Å². The number of carbonyl (C=O) groups is 1. The Balaban J connectivity index is 1.52. The first-order valence-electron chi connectivity index (χ1n) is 7.66. The fourth-order valence-corrected chi connectivity index (χ4v) is 3.88. The molecule has 3 N–H and O–H groups in total. The Kier molecular flexibility index (Phi) is 3.03. The molecule has 3 aliphatic rings. The van der Waals surface area contributed by atoms with Crippen molar-refractivity contribution in [3.63, 3.8) is 0 Å². The van der Waals surface area contributed by atoms with Crippen LogP contribution in [0.4, 0.5) is 0 Å². The maximum absolute atomic E-state index is 11.6. The van der Waals surface area contributed by atoms with Gasteiger partial charge < -0.3 is 15.2 Å². The number of ether oxygens (including phenoxy) is 1. The minimum absolute atomic E-state index is 0.249. The number of likely N-dealkylation sites (tertiary alicyclic amines) is 1. The zero-order valence-corrected chi connectivity index (χ0v) is 12.2. The van der Waals surface area contributed by atoms with Crippen molar-refractivity contribution in [3.8, 4) is 0 Å². The highest BCUT2D eigenvalue weighted by atomic mass is 16.5. The molecule has 1 aromatic rings. The van der Waals surface area contributed by atoms with Gasteiger partial charge >= 0.3 is 5.97 Å². The molecule has 0 aliphatic carbocycles. The number of quaternary nitrogens is 1. The van der Waals surface area contributed by atoms with Gasteiger partial charge in [0.05, 0.1) is 30.7 Å². The molecule has 0 spiro atoms. The first-order chi connectivity index (χ1) is 10.1. The number of aliphatic hydroxyl groups is 1. The summed E-state index contributed by atoms with van der Waals surface area (Å²) >= 11 is 0. The number of cyclic esters (lactones) is 1. The van der Waals surface area contributed by atoms with Crippen LogP contribution in [0.1, 0.15) is 33.2 Å². The van der Waals surface area contributed by atoms with E-state index in [9.17, 15) is 9.90 Å². The second kappa shape index (κ2) is 4.80. The van der Waals surface area contributed by atoms with E-state index in [4.69, 9.17) is 4.74 Å². The van der Waals surface area contributed by atoms with E-state index in [2.05, 4.69) is 10.2 Å². The van der Waals surface area contributed by atoms with Gasteiger partial charge in [0.15, 0.2) is 0 Å². The number of hydrogen-bond donors (Lipinski definition) is 2. The van der Waals surface area contributed by atoms with Crippen LogP contribution in [0.2, 0.25) is 0 Å². The number of fused-ring (bicyclic) bond motifs is 2. The topological polar surface area (TPSA) is 66.4 Å². The summed E-state index contributed by atoms with van der Waals surface area (Å²) in [7, 11) is 0. The summed E-state index contributed by atoms with van der Waals surface area (Å²) in [5.41, 5.74) is 3.51. The van der Waals surface area contributed by atoms with E-state index in [-0.39, 0.29) is 5.97 Å². The lowest BCUT2D eigenvalue weighted by atomic mass is 9.95. The SMILES string of the molecule is Cc1c([C@@H](O)CN2CC3C[NH2+]C3C2)ccc2c1COC2=O. The fourth-order valence-electron chi connectivity index (χ4n) is 3.88. The van der Waals surface area contributed by atoms with Crippen LogP contribution in [-0.2, 0) is 11.3 Å². The van der Waals surface area contributed by atoms with Crippen molar-refractivity contribution in [2.75, 3.05) is 26.2 Å². The molecule has 5 nitrogen and oxygen atoms in total. The van der Waals surface area contributed by atoms with Crippen LogP contribution in [-0.4, -0.2) is 48.2 Å². The van der Waals surface area contributed by atoms with Crippen LogP contribution in [0.15, 0.2) is 12.1 Å². The summed E-state index contributed by atoms with van der Waals surface area (Å²) in [6.07, 6.45) is -0.497. The Hall–Kier alpha value is -1.43. The molecule has 3 heterocycles. The smallest absolute Gasteiger partial charge is 0.338 e. The van der Waals surface area contributed by atoms with Crippen LogP contribution in [0.3, 0.4) is 0 Å². The van der Waals surface area contributed by atoms with Gasteiger partial charge in [-0.2, -0.15) is 0 Å². The molecule has 4 rings (SSSR count). The van der Waals surface area contributed by atoms with Gasteiger partial charge in [0, 0.05) is 18.7 Å². The van der Waals surface area contributed by atoms with E-state index in [0.717, 1.165) is 41.7 Å². The Morgan fingerprint density at radius 1 is 1.48 bits per heavy atom. The highest BCUT2D eigenvalue weighted by molar-refractivity contribution is 5.93. The van der Waals surface area contributed by atoms with Crippen molar-refractivity contribution in [3.05, 3.63) is 34.4 Å². The van der Waals surface area contributed by atoms with Crippen LogP contribution < -0.4 is 5.32 Å². The number of rotatable bonds is 3. The lowest BCUT2D eigenvalue weighted by Gasteiger charge is -2.25. The Morgan fingerprint density at radius 3 is 3.00 bits per heavy atom. The van der Waals surface area contributed by atoms with Crippen molar-refractivity contribution < 1.29 is 20.0 Å².